The minimum atomic E-state index is 0.246. The Hall–Kier alpha value is -0.670. The Balaban J connectivity index is 1.80. The normalized spacial score (nSPS) is 28.2. The van der Waals surface area contributed by atoms with Crippen LogP contribution in [0.5, 0.6) is 0 Å². The summed E-state index contributed by atoms with van der Waals surface area (Å²) in [4.78, 5) is 14.6. The average Bonchev–Trinajstić information content (AvgIpc) is 2.73. The summed E-state index contributed by atoms with van der Waals surface area (Å²) in [5, 5.41) is 0. The first-order valence-electron chi connectivity index (χ1n) is 7.34. The Morgan fingerprint density at radius 3 is 2.89 bits per heavy atom. The van der Waals surface area contributed by atoms with Gasteiger partial charge in [0.1, 0.15) is 0 Å². The molecule has 1 aliphatic heterocycles. The lowest BCUT2D eigenvalue weighted by Crippen LogP contribution is -2.40. The van der Waals surface area contributed by atoms with Gasteiger partial charge in [-0.15, -0.1) is 0 Å². The zero-order chi connectivity index (χ0) is 12.8. The maximum Gasteiger partial charge on any atom is 0.162 e. The molecule has 0 spiro atoms. The summed E-state index contributed by atoms with van der Waals surface area (Å²) >= 11 is 0. The monoisotopic (exact) mass is 251 g/mol. The molecule has 0 aromatic carbocycles. The van der Waals surface area contributed by atoms with E-state index < -0.39 is 0 Å². The molecule has 0 aromatic rings. The smallest absolute Gasteiger partial charge is 0.162 e. The summed E-state index contributed by atoms with van der Waals surface area (Å²) in [5.74, 6) is 0.661. The molecule has 0 amide bonds. The zero-order valence-electron chi connectivity index (χ0n) is 11.5. The summed E-state index contributed by atoms with van der Waals surface area (Å²) in [5.41, 5.74) is 1.10. The van der Waals surface area contributed by atoms with Gasteiger partial charge in [-0.1, -0.05) is 25.8 Å². The molecule has 2 fully saturated rings. The van der Waals surface area contributed by atoms with Gasteiger partial charge in [-0.05, 0) is 24.8 Å². The van der Waals surface area contributed by atoms with Gasteiger partial charge in [0.15, 0.2) is 5.78 Å². The van der Waals surface area contributed by atoms with E-state index in [1.807, 2.05) is 0 Å². The molecule has 1 unspecified atom stereocenters. The van der Waals surface area contributed by atoms with Crippen LogP contribution in [0.4, 0.5) is 0 Å². The maximum absolute atomic E-state index is 12.2. The number of carbonyl (C=O) groups excluding carboxylic acids is 1. The summed E-state index contributed by atoms with van der Waals surface area (Å²) in [6.07, 6.45) is 7.71. The molecule has 3 heteroatoms. The van der Waals surface area contributed by atoms with Crippen LogP contribution in [0.15, 0.2) is 11.6 Å². The molecule has 1 heterocycles. The average molecular weight is 251 g/mol. The fourth-order valence-electron chi connectivity index (χ4n) is 2.80. The highest BCUT2D eigenvalue weighted by Gasteiger charge is 2.30. The first-order valence-corrected chi connectivity index (χ1v) is 7.34. The second kappa shape index (κ2) is 7.05. The summed E-state index contributed by atoms with van der Waals surface area (Å²) in [6.45, 7) is 6.74. The molecule has 0 bridgehead atoms. The van der Waals surface area contributed by atoms with Crippen LogP contribution in [0.1, 0.15) is 39.0 Å². The predicted molar refractivity (Wildman–Crippen MR) is 72.6 cm³/mol. The number of carbonyl (C=O) groups is 1. The summed E-state index contributed by atoms with van der Waals surface area (Å²) < 4.78 is 5.34. The topological polar surface area (TPSA) is 29.5 Å². The van der Waals surface area contributed by atoms with Crippen molar-refractivity contribution in [2.75, 3.05) is 32.8 Å². The molecule has 0 aromatic heterocycles. The molecule has 102 valence electrons. The summed E-state index contributed by atoms with van der Waals surface area (Å²) in [7, 11) is 0. The Morgan fingerprint density at radius 1 is 1.39 bits per heavy atom. The number of hydrogen-bond donors (Lipinski definition) is 0. The number of ketones is 1. The zero-order valence-corrected chi connectivity index (χ0v) is 11.5. The van der Waals surface area contributed by atoms with Crippen LogP contribution in [0.2, 0.25) is 0 Å². The number of morpholine rings is 1. The van der Waals surface area contributed by atoms with Crippen LogP contribution in [-0.2, 0) is 9.53 Å². The molecule has 1 aliphatic carbocycles. The molecule has 2 rings (SSSR count). The van der Waals surface area contributed by atoms with E-state index in [4.69, 9.17) is 4.74 Å². The number of hydrogen-bond acceptors (Lipinski definition) is 3. The van der Waals surface area contributed by atoms with E-state index in [-0.39, 0.29) is 5.92 Å². The van der Waals surface area contributed by atoms with Gasteiger partial charge in [-0.3, -0.25) is 9.69 Å². The Bertz CT molecular complexity index is 306. The van der Waals surface area contributed by atoms with Gasteiger partial charge in [0.25, 0.3) is 0 Å². The minimum absolute atomic E-state index is 0.246. The van der Waals surface area contributed by atoms with Gasteiger partial charge >= 0.3 is 0 Å². The number of ether oxygens (including phenoxy) is 1. The van der Waals surface area contributed by atoms with E-state index in [2.05, 4.69) is 17.9 Å². The van der Waals surface area contributed by atoms with Crippen molar-refractivity contribution in [1.29, 1.82) is 0 Å². The molecular formula is C15H25NO2. The van der Waals surface area contributed by atoms with Crippen molar-refractivity contribution in [2.45, 2.75) is 39.0 Å². The van der Waals surface area contributed by atoms with Crippen molar-refractivity contribution < 1.29 is 9.53 Å². The van der Waals surface area contributed by atoms with Gasteiger partial charge in [-0.25, -0.2) is 0 Å². The van der Waals surface area contributed by atoms with Gasteiger partial charge in [0.05, 0.1) is 13.2 Å². The van der Waals surface area contributed by atoms with Crippen molar-refractivity contribution in [3.05, 3.63) is 11.6 Å². The SMILES string of the molecule is CCCC/C=C1\CCC(CN2CCOCC2)C1=O. The standard InChI is InChI=1S/C15H25NO2/c1-2-3-4-5-13-6-7-14(15(13)17)12-16-8-10-18-11-9-16/h5,14H,2-4,6-12H2,1H3/b13-5+. The third-order valence-corrected chi connectivity index (χ3v) is 3.98. The molecule has 2 aliphatic rings. The molecule has 0 radical (unpaired) electrons. The molecule has 1 saturated heterocycles. The lowest BCUT2D eigenvalue weighted by Gasteiger charge is -2.28. The number of rotatable bonds is 5. The molecule has 18 heavy (non-hydrogen) atoms. The fraction of sp³-hybridized carbons (Fsp3) is 0.800. The Kier molecular flexibility index (Phi) is 5.39. The van der Waals surface area contributed by atoms with Crippen LogP contribution in [0.3, 0.4) is 0 Å². The van der Waals surface area contributed by atoms with Crippen LogP contribution < -0.4 is 0 Å². The molecule has 1 atom stereocenters. The highest BCUT2D eigenvalue weighted by Crippen LogP contribution is 2.28. The van der Waals surface area contributed by atoms with E-state index in [0.717, 1.165) is 57.7 Å². The summed E-state index contributed by atoms with van der Waals surface area (Å²) in [6, 6.07) is 0. The number of nitrogens with zero attached hydrogens (tertiary/aromatic N) is 1. The van der Waals surface area contributed by atoms with Crippen molar-refractivity contribution in [3.8, 4) is 0 Å². The highest BCUT2D eigenvalue weighted by molar-refractivity contribution is 5.99. The predicted octanol–water partition coefficient (Wildman–Crippen LogP) is 2.41. The first kappa shape index (κ1) is 13.8. The van der Waals surface area contributed by atoms with Crippen molar-refractivity contribution in [1.82, 2.24) is 4.90 Å². The second-order valence-electron chi connectivity index (χ2n) is 5.38. The lowest BCUT2D eigenvalue weighted by atomic mass is 10.0. The molecule has 1 saturated carbocycles. The lowest BCUT2D eigenvalue weighted by molar-refractivity contribution is -0.118. The van der Waals surface area contributed by atoms with E-state index in [1.54, 1.807) is 0 Å². The van der Waals surface area contributed by atoms with Crippen LogP contribution in [0, 0.1) is 5.92 Å². The first-order chi connectivity index (χ1) is 8.81. The van der Waals surface area contributed by atoms with Gasteiger partial charge in [0.2, 0.25) is 0 Å². The third-order valence-electron chi connectivity index (χ3n) is 3.98. The van der Waals surface area contributed by atoms with E-state index in [1.165, 1.54) is 12.8 Å². The quantitative estimate of drug-likeness (QED) is 0.555. The third kappa shape index (κ3) is 3.66. The van der Waals surface area contributed by atoms with Gasteiger partial charge < -0.3 is 4.74 Å². The van der Waals surface area contributed by atoms with E-state index in [9.17, 15) is 4.79 Å². The number of allylic oxidation sites excluding steroid dienone is 2. The van der Waals surface area contributed by atoms with E-state index >= 15 is 0 Å². The van der Waals surface area contributed by atoms with Gasteiger partial charge in [0, 0.05) is 25.6 Å². The molecule has 3 nitrogen and oxygen atoms in total. The molecular weight excluding hydrogens is 226 g/mol. The highest BCUT2D eigenvalue weighted by atomic mass is 16.5. The van der Waals surface area contributed by atoms with Crippen molar-refractivity contribution >= 4 is 5.78 Å². The largest absolute Gasteiger partial charge is 0.379 e. The van der Waals surface area contributed by atoms with Crippen LogP contribution in [0.25, 0.3) is 0 Å². The molecule has 0 N–H and O–H groups in total. The van der Waals surface area contributed by atoms with E-state index in [0.29, 0.717) is 5.78 Å². The number of unbranched alkanes of at least 4 members (excludes halogenated alkanes) is 2. The Morgan fingerprint density at radius 2 is 2.17 bits per heavy atom. The van der Waals surface area contributed by atoms with Crippen LogP contribution >= 0.6 is 0 Å². The fourth-order valence-corrected chi connectivity index (χ4v) is 2.80. The van der Waals surface area contributed by atoms with Crippen molar-refractivity contribution in [3.63, 3.8) is 0 Å². The minimum Gasteiger partial charge on any atom is -0.379 e. The van der Waals surface area contributed by atoms with Crippen molar-refractivity contribution in [2.24, 2.45) is 5.92 Å². The Labute approximate surface area is 110 Å². The van der Waals surface area contributed by atoms with Crippen LogP contribution in [-0.4, -0.2) is 43.5 Å². The number of Topliss-reactive ketones (excluding diaryl/α,β-unsaturated/α-hetero) is 1. The maximum atomic E-state index is 12.2. The van der Waals surface area contributed by atoms with Gasteiger partial charge in [-0.2, -0.15) is 0 Å². The second-order valence-corrected chi connectivity index (χ2v) is 5.38.